The van der Waals surface area contributed by atoms with Crippen LogP contribution in [-0.4, -0.2) is 16.4 Å². The van der Waals surface area contributed by atoms with E-state index in [1.54, 1.807) is 0 Å². The molecule has 1 rings (SSSR count). The number of hydrogen-bond donors (Lipinski definition) is 2. The molecule has 0 spiro atoms. The van der Waals surface area contributed by atoms with Crippen LogP contribution in [0, 0.1) is 13.8 Å². The Bertz CT molecular complexity index is 321. The van der Waals surface area contributed by atoms with Gasteiger partial charge in [-0.05, 0) is 37.5 Å². The molecule has 0 fully saturated rings. The third kappa shape index (κ3) is 2.67. The van der Waals surface area contributed by atoms with E-state index < -0.39 is 0 Å². The van der Waals surface area contributed by atoms with E-state index in [2.05, 4.69) is 31.3 Å². The van der Waals surface area contributed by atoms with E-state index in [4.69, 9.17) is 5.73 Å². The van der Waals surface area contributed by atoms with E-state index in [0.29, 0.717) is 0 Å². The van der Waals surface area contributed by atoms with Crippen molar-refractivity contribution in [3.63, 3.8) is 0 Å². The van der Waals surface area contributed by atoms with Gasteiger partial charge in [0.15, 0.2) is 0 Å². The van der Waals surface area contributed by atoms with E-state index in [-0.39, 0.29) is 6.17 Å². The fourth-order valence-corrected chi connectivity index (χ4v) is 2.02. The van der Waals surface area contributed by atoms with Crippen molar-refractivity contribution in [3.8, 4) is 0 Å². The fourth-order valence-electron chi connectivity index (χ4n) is 1.47. The Balaban J connectivity index is 2.83. The molecule has 1 unspecified atom stereocenters. The minimum absolute atomic E-state index is 0.0605. The van der Waals surface area contributed by atoms with Gasteiger partial charge >= 0.3 is 0 Å². The van der Waals surface area contributed by atoms with Gasteiger partial charge in [0.25, 0.3) is 0 Å². The van der Waals surface area contributed by atoms with Crippen LogP contribution in [0.4, 0.5) is 0 Å². The Hall–Kier alpha value is -0.643. The number of nitrogens with one attached hydrogen (secondary N) is 1. The molecule has 0 saturated heterocycles. The SMILES string of the molecule is Cc1c([SiH3])ccc(CNC(C)N)c1C. The molecule has 0 aliphatic heterocycles. The highest BCUT2D eigenvalue weighted by Gasteiger charge is 2.03. The average Bonchev–Trinajstić information content (AvgIpc) is 2.13. The summed E-state index contributed by atoms with van der Waals surface area (Å²) in [4.78, 5) is 0. The quantitative estimate of drug-likeness (QED) is 0.528. The lowest BCUT2D eigenvalue weighted by Gasteiger charge is -2.13. The van der Waals surface area contributed by atoms with Gasteiger partial charge in [-0.3, -0.25) is 5.32 Å². The second kappa shape index (κ2) is 4.73. The van der Waals surface area contributed by atoms with E-state index in [1.165, 1.54) is 21.9 Å². The van der Waals surface area contributed by atoms with Crippen LogP contribution >= 0.6 is 0 Å². The molecule has 1 atom stereocenters. The second-order valence-electron chi connectivity index (χ2n) is 3.96. The van der Waals surface area contributed by atoms with Crippen LogP contribution in [0.3, 0.4) is 0 Å². The summed E-state index contributed by atoms with van der Waals surface area (Å²) in [6.45, 7) is 7.22. The number of nitrogens with two attached hydrogens (primary N) is 1. The van der Waals surface area contributed by atoms with Gasteiger partial charge in [0.1, 0.15) is 0 Å². The van der Waals surface area contributed by atoms with Crippen LogP contribution in [0.5, 0.6) is 0 Å². The molecule has 0 aromatic heterocycles. The molecule has 0 aliphatic rings. The molecular formula is C11H20N2Si. The van der Waals surface area contributed by atoms with Crippen molar-refractivity contribution >= 4 is 15.4 Å². The summed E-state index contributed by atoms with van der Waals surface area (Å²) in [6, 6.07) is 4.44. The largest absolute Gasteiger partial charge is 0.316 e. The molecule has 1 aromatic rings. The molecule has 0 aliphatic carbocycles. The zero-order chi connectivity index (χ0) is 10.7. The van der Waals surface area contributed by atoms with Crippen LogP contribution in [0.2, 0.25) is 0 Å². The molecule has 0 bridgehead atoms. The summed E-state index contributed by atoms with van der Waals surface area (Å²) < 4.78 is 0. The van der Waals surface area contributed by atoms with E-state index in [1.807, 2.05) is 6.92 Å². The van der Waals surface area contributed by atoms with Crippen LogP contribution in [0.25, 0.3) is 0 Å². The Labute approximate surface area is 89.3 Å². The highest BCUT2D eigenvalue weighted by molar-refractivity contribution is 6.33. The molecule has 78 valence electrons. The summed E-state index contributed by atoms with van der Waals surface area (Å²) in [5, 5.41) is 4.73. The van der Waals surface area contributed by atoms with Gasteiger partial charge in [-0.1, -0.05) is 17.3 Å². The Morgan fingerprint density at radius 3 is 2.57 bits per heavy atom. The maximum atomic E-state index is 5.65. The van der Waals surface area contributed by atoms with Gasteiger partial charge in [-0.25, -0.2) is 0 Å². The zero-order valence-corrected chi connectivity index (χ0v) is 11.5. The molecule has 3 N–H and O–H groups in total. The summed E-state index contributed by atoms with van der Waals surface area (Å²) in [6.07, 6.45) is 0.0605. The first-order valence-electron chi connectivity index (χ1n) is 5.07. The number of rotatable bonds is 3. The van der Waals surface area contributed by atoms with Gasteiger partial charge in [0.05, 0.1) is 6.17 Å². The van der Waals surface area contributed by atoms with E-state index in [0.717, 1.165) is 16.8 Å². The van der Waals surface area contributed by atoms with Crippen LogP contribution in [0.15, 0.2) is 12.1 Å². The summed E-state index contributed by atoms with van der Waals surface area (Å²) in [5.74, 6) is 0. The Kier molecular flexibility index (Phi) is 3.86. The molecule has 3 heteroatoms. The van der Waals surface area contributed by atoms with E-state index >= 15 is 0 Å². The molecule has 1 aromatic carbocycles. The molecule has 0 heterocycles. The first-order chi connectivity index (χ1) is 6.52. The third-order valence-corrected chi connectivity index (χ3v) is 3.87. The molecule has 14 heavy (non-hydrogen) atoms. The third-order valence-electron chi connectivity index (χ3n) is 2.78. The Morgan fingerprint density at radius 2 is 2.00 bits per heavy atom. The van der Waals surface area contributed by atoms with Gasteiger partial charge in [-0.15, -0.1) is 0 Å². The monoisotopic (exact) mass is 208 g/mol. The maximum absolute atomic E-state index is 5.65. The summed E-state index contributed by atoms with van der Waals surface area (Å²) in [7, 11) is 1.13. The lowest BCUT2D eigenvalue weighted by Crippen LogP contribution is -2.33. The molecule has 0 amide bonds. The maximum Gasteiger partial charge on any atom is 0.0519 e. The molecular weight excluding hydrogens is 188 g/mol. The summed E-state index contributed by atoms with van der Waals surface area (Å²) in [5.41, 5.74) is 9.87. The smallest absolute Gasteiger partial charge is 0.0519 e. The van der Waals surface area contributed by atoms with Crippen molar-refractivity contribution in [1.82, 2.24) is 5.32 Å². The highest BCUT2D eigenvalue weighted by Crippen LogP contribution is 2.10. The topological polar surface area (TPSA) is 38.0 Å². The van der Waals surface area contributed by atoms with Gasteiger partial charge in [0, 0.05) is 16.8 Å². The standard InChI is InChI=1S/C11H20N2Si/c1-7-8(2)11(14)5-4-10(7)6-13-9(3)12/h4-5,9,13H,6,12H2,1-3,14H3. The lowest BCUT2D eigenvalue weighted by atomic mass is 10.0. The van der Waals surface area contributed by atoms with Crippen molar-refractivity contribution in [2.75, 3.05) is 0 Å². The molecule has 0 saturated carbocycles. The highest BCUT2D eigenvalue weighted by atomic mass is 28.1. The van der Waals surface area contributed by atoms with Crippen molar-refractivity contribution in [2.45, 2.75) is 33.5 Å². The van der Waals surface area contributed by atoms with Crippen LogP contribution in [-0.2, 0) is 6.54 Å². The van der Waals surface area contributed by atoms with Crippen molar-refractivity contribution in [2.24, 2.45) is 5.73 Å². The lowest BCUT2D eigenvalue weighted by molar-refractivity contribution is 0.565. The summed E-state index contributed by atoms with van der Waals surface area (Å²) >= 11 is 0. The minimum Gasteiger partial charge on any atom is -0.316 e. The van der Waals surface area contributed by atoms with Crippen molar-refractivity contribution in [1.29, 1.82) is 0 Å². The molecule has 0 radical (unpaired) electrons. The fraction of sp³-hybridized carbons (Fsp3) is 0.455. The first kappa shape index (κ1) is 11.4. The normalized spacial score (nSPS) is 13.1. The van der Waals surface area contributed by atoms with Crippen LogP contribution < -0.4 is 16.2 Å². The van der Waals surface area contributed by atoms with Crippen molar-refractivity contribution < 1.29 is 0 Å². The Morgan fingerprint density at radius 1 is 1.36 bits per heavy atom. The van der Waals surface area contributed by atoms with Crippen molar-refractivity contribution in [3.05, 3.63) is 28.8 Å². The second-order valence-corrected chi connectivity index (χ2v) is 5.04. The predicted octanol–water partition coefficient (Wildman–Crippen LogP) is -0.312. The average molecular weight is 208 g/mol. The predicted molar refractivity (Wildman–Crippen MR) is 66.0 cm³/mol. The number of benzene rings is 1. The zero-order valence-electron chi connectivity index (χ0n) is 9.52. The van der Waals surface area contributed by atoms with Gasteiger partial charge < -0.3 is 5.73 Å². The van der Waals surface area contributed by atoms with E-state index in [9.17, 15) is 0 Å². The van der Waals surface area contributed by atoms with Gasteiger partial charge in [0.2, 0.25) is 0 Å². The van der Waals surface area contributed by atoms with Gasteiger partial charge in [-0.2, -0.15) is 0 Å². The van der Waals surface area contributed by atoms with Crippen LogP contribution in [0.1, 0.15) is 23.6 Å². The molecule has 2 nitrogen and oxygen atoms in total. The minimum atomic E-state index is 0.0605. The number of hydrogen-bond acceptors (Lipinski definition) is 2. The first-order valence-corrected chi connectivity index (χ1v) is 6.07.